The van der Waals surface area contributed by atoms with Gasteiger partial charge in [-0.15, -0.1) is 0 Å². The summed E-state index contributed by atoms with van der Waals surface area (Å²) in [5.41, 5.74) is 7.01. The standard InChI is InChI=1S/C13H22N2O2S/c1-3-5-10-15(4-2)18(16,17)11-12-6-8-13(14)9-7-12/h6-9H,3-5,10-11,14H2,1-2H3. The molecule has 0 aliphatic rings. The molecule has 0 fully saturated rings. The first-order valence-corrected chi connectivity index (χ1v) is 7.92. The second-order valence-corrected chi connectivity index (χ2v) is 6.31. The van der Waals surface area contributed by atoms with Crippen LogP contribution >= 0.6 is 0 Å². The molecule has 102 valence electrons. The molecule has 5 heteroatoms. The maximum atomic E-state index is 12.2. The summed E-state index contributed by atoms with van der Waals surface area (Å²) in [6.45, 7) is 5.05. The van der Waals surface area contributed by atoms with Gasteiger partial charge in [-0.05, 0) is 24.1 Å². The Bertz CT molecular complexity index is 454. The number of hydrogen-bond acceptors (Lipinski definition) is 3. The highest BCUT2D eigenvalue weighted by molar-refractivity contribution is 7.88. The quantitative estimate of drug-likeness (QED) is 0.773. The van der Waals surface area contributed by atoms with Gasteiger partial charge in [0.15, 0.2) is 0 Å². The Morgan fingerprint density at radius 2 is 1.78 bits per heavy atom. The van der Waals surface area contributed by atoms with Crippen LogP contribution in [0.5, 0.6) is 0 Å². The number of sulfonamides is 1. The van der Waals surface area contributed by atoms with E-state index in [-0.39, 0.29) is 5.75 Å². The van der Waals surface area contributed by atoms with Crippen molar-refractivity contribution in [3.8, 4) is 0 Å². The molecule has 0 aromatic heterocycles. The summed E-state index contributed by atoms with van der Waals surface area (Å²) in [4.78, 5) is 0. The van der Waals surface area contributed by atoms with Crippen LogP contribution in [0.3, 0.4) is 0 Å². The maximum Gasteiger partial charge on any atom is 0.218 e. The van der Waals surface area contributed by atoms with Crippen LogP contribution in [-0.2, 0) is 15.8 Å². The zero-order valence-corrected chi connectivity index (χ0v) is 11.9. The van der Waals surface area contributed by atoms with Gasteiger partial charge in [0.1, 0.15) is 0 Å². The Morgan fingerprint density at radius 3 is 2.28 bits per heavy atom. The predicted molar refractivity (Wildman–Crippen MR) is 75.6 cm³/mol. The molecule has 0 saturated carbocycles. The number of rotatable bonds is 7. The fraction of sp³-hybridized carbons (Fsp3) is 0.538. The first-order valence-electron chi connectivity index (χ1n) is 6.31. The second-order valence-electron chi connectivity index (χ2n) is 4.34. The SMILES string of the molecule is CCCCN(CC)S(=O)(=O)Cc1ccc(N)cc1. The highest BCUT2D eigenvalue weighted by Crippen LogP contribution is 2.13. The lowest BCUT2D eigenvalue weighted by Gasteiger charge is -2.20. The monoisotopic (exact) mass is 270 g/mol. The largest absolute Gasteiger partial charge is 0.399 e. The molecule has 18 heavy (non-hydrogen) atoms. The fourth-order valence-corrected chi connectivity index (χ4v) is 3.34. The van der Waals surface area contributed by atoms with Crippen LogP contribution < -0.4 is 5.73 Å². The van der Waals surface area contributed by atoms with Gasteiger partial charge in [0.2, 0.25) is 10.0 Å². The smallest absolute Gasteiger partial charge is 0.218 e. The summed E-state index contributed by atoms with van der Waals surface area (Å²) in [5.74, 6) is 0.0465. The predicted octanol–water partition coefficient (Wildman–Crippen LogP) is 2.22. The van der Waals surface area contributed by atoms with Crippen molar-refractivity contribution in [3.05, 3.63) is 29.8 Å². The molecule has 0 amide bonds. The Morgan fingerprint density at radius 1 is 1.17 bits per heavy atom. The van der Waals surface area contributed by atoms with Crippen LogP contribution in [0.15, 0.2) is 24.3 Å². The van der Waals surface area contributed by atoms with Gasteiger partial charge < -0.3 is 5.73 Å². The first kappa shape index (κ1) is 15.0. The minimum absolute atomic E-state index is 0.0465. The van der Waals surface area contributed by atoms with Crippen LogP contribution in [0.2, 0.25) is 0 Å². The normalized spacial score (nSPS) is 11.9. The van der Waals surface area contributed by atoms with E-state index >= 15 is 0 Å². The zero-order valence-electron chi connectivity index (χ0n) is 11.1. The fourth-order valence-electron chi connectivity index (χ4n) is 1.74. The second kappa shape index (κ2) is 6.75. The minimum Gasteiger partial charge on any atom is -0.399 e. The summed E-state index contributed by atoms with van der Waals surface area (Å²) in [6.07, 6.45) is 1.89. The van der Waals surface area contributed by atoms with E-state index in [1.165, 1.54) is 0 Å². The molecule has 1 aromatic rings. The molecule has 0 atom stereocenters. The third-order valence-electron chi connectivity index (χ3n) is 2.84. The van der Waals surface area contributed by atoms with Crippen LogP contribution in [-0.4, -0.2) is 25.8 Å². The molecule has 0 bridgehead atoms. The number of unbranched alkanes of at least 4 members (excludes halogenated alkanes) is 1. The van der Waals surface area contributed by atoms with E-state index in [1.807, 2.05) is 6.92 Å². The van der Waals surface area contributed by atoms with Crippen molar-refractivity contribution in [1.29, 1.82) is 0 Å². The van der Waals surface area contributed by atoms with Crippen molar-refractivity contribution in [3.63, 3.8) is 0 Å². The van der Waals surface area contributed by atoms with Gasteiger partial charge in [0, 0.05) is 18.8 Å². The highest BCUT2D eigenvalue weighted by Gasteiger charge is 2.20. The van der Waals surface area contributed by atoms with Crippen molar-refractivity contribution < 1.29 is 8.42 Å². The molecule has 0 heterocycles. The van der Waals surface area contributed by atoms with Gasteiger partial charge in [0.25, 0.3) is 0 Å². The Kier molecular flexibility index (Phi) is 5.62. The molecular weight excluding hydrogens is 248 g/mol. The minimum atomic E-state index is -3.22. The number of nitrogens with zero attached hydrogens (tertiary/aromatic N) is 1. The van der Waals surface area contributed by atoms with Crippen LogP contribution in [0, 0.1) is 0 Å². The van der Waals surface area contributed by atoms with Gasteiger partial charge in [-0.3, -0.25) is 0 Å². The van der Waals surface area contributed by atoms with Crippen LogP contribution in [0.25, 0.3) is 0 Å². The van der Waals surface area contributed by atoms with Crippen molar-refractivity contribution in [2.24, 2.45) is 0 Å². The van der Waals surface area contributed by atoms with E-state index in [9.17, 15) is 8.42 Å². The molecule has 2 N–H and O–H groups in total. The average Bonchev–Trinajstić information content (AvgIpc) is 2.32. The summed E-state index contributed by atoms with van der Waals surface area (Å²) in [7, 11) is -3.22. The van der Waals surface area contributed by atoms with Crippen LogP contribution in [0.1, 0.15) is 32.3 Å². The Labute approximate surface area is 110 Å². The molecule has 0 aliphatic heterocycles. The number of hydrogen-bond donors (Lipinski definition) is 1. The third kappa shape index (κ3) is 4.31. The van der Waals surface area contributed by atoms with E-state index in [2.05, 4.69) is 6.92 Å². The zero-order chi connectivity index (χ0) is 13.6. The van der Waals surface area contributed by atoms with Gasteiger partial charge in [-0.1, -0.05) is 32.4 Å². The van der Waals surface area contributed by atoms with E-state index in [4.69, 9.17) is 5.73 Å². The van der Waals surface area contributed by atoms with Gasteiger partial charge >= 0.3 is 0 Å². The third-order valence-corrected chi connectivity index (χ3v) is 4.76. The van der Waals surface area contributed by atoms with E-state index < -0.39 is 10.0 Å². The average molecular weight is 270 g/mol. The molecular formula is C13H22N2O2S. The van der Waals surface area contributed by atoms with Crippen molar-refractivity contribution in [2.75, 3.05) is 18.8 Å². The van der Waals surface area contributed by atoms with Crippen molar-refractivity contribution >= 4 is 15.7 Å². The topological polar surface area (TPSA) is 63.4 Å². The summed E-state index contributed by atoms with van der Waals surface area (Å²) < 4.78 is 26.0. The summed E-state index contributed by atoms with van der Waals surface area (Å²) >= 11 is 0. The van der Waals surface area contributed by atoms with Gasteiger partial charge in [-0.25, -0.2) is 12.7 Å². The Hall–Kier alpha value is -1.07. The van der Waals surface area contributed by atoms with E-state index in [1.54, 1.807) is 28.6 Å². The van der Waals surface area contributed by atoms with E-state index in [0.29, 0.717) is 18.8 Å². The molecule has 0 spiro atoms. The molecule has 0 radical (unpaired) electrons. The summed E-state index contributed by atoms with van der Waals surface area (Å²) in [5, 5.41) is 0. The lowest BCUT2D eigenvalue weighted by molar-refractivity contribution is 0.418. The lowest BCUT2D eigenvalue weighted by Crippen LogP contribution is -2.32. The maximum absolute atomic E-state index is 12.2. The van der Waals surface area contributed by atoms with Crippen molar-refractivity contribution in [2.45, 2.75) is 32.4 Å². The number of nitrogen functional groups attached to an aromatic ring is 1. The molecule has 4 nitrogen and oxygen atoms in total. The van der Waals surface area contributed by atoms with Gasteiger partial charge in [0.05, 0.1) is 5.75 Å². The van der Waals surface area contributed by atoms with Gasteiger partial charge in [-0.2, -0.15) is 0 Å². The first-order chi connectivity index (χ1) is 8.49. The van der Waals surface area contributed by atoms with E-state index in [0.717, 1.165) is 18.4 Å². The summed E-state index contributed by atoms with van der Waals surface area (Å²) in [6, 6.07) is 6.99. The molecule has 0 unspecified atom stereocenters. The molecule has 0 saturated heterocycles. The molecule has 0 aliphatic carbocycles. The lowest BCUT2D eigenvalue weighted by atomic mass is 10.2. The highest BCUT2D eigenvalue weighted by atomic mass is 32.2. The number of nitrogens with two attached hydrogens (primary N) is 1. The number of benzene rings is 1. The van der Waals surface area contributed by atoms with Crippen molar-refractivity contribution in [1.82, 2.24) is 4.31 Å². The molecule has 1 rings (SSSR count). The number of anilines is 1. The molecule has 1 aromatic carbocycles. The van der Waals surface area contributed by atoms with Crippen LogP contribution in [0.4, 0.5) is 5.69 Å². The Balaban J connectivity index is 2.76.